The van der Waals surface area contributed by atoms with Crippen LogP contribution in [0.5, 0.6) is 0 Å². The predicted molar refractivity (Wildman–Crippen MR) is 80.2 cm³/mol. The highest BCUT2D eigenvalue weighted by atomic mass is 32.2. The number of hydrogen-bond donors (Lipinski definition) is 1. The van der Waals surface area contributed by atoms with Crippen LogP contribution in [0, 0.1) is 17.1 Å². The number of nitrogens with zero attached hydrogens (tertiary/aromatic N) is 3. The molecule has 1 saturated heterocycles. The Kier molecular flexibility index (Phi) is 5.47. The van der Waals surface area contributed by atoms with Crippen molar-refractivity contribution in [3.63, 3.8) is 0 Å². The number of nitriles is 1. The number of hydrogen-bond acceptors (Lipinski definition) is 5. The maximum Gasteiger partial charge on any atom is 0.242 e. The number of benzene rings is 1. The topological polar surface area (TPSA) is 76.4 Å². The minimum Gasteiger partial charge on any atom is -0.304 e. The van der Waals surface area contributed by atoms with Crippen molar-refractivity contribution < 1.29 is 12.8 Å². The number of likely N-dealkylation sites (N-methyl/N-ethyl adjacent to an activating group) is 1. The van der Waals surface area contributed by atoms with Crippen LogP contribution in [0.3, 0.4) is 0 Å². The number of rotatable bonds is 5. The lowest BCUT2D eigenvalue weighted by Gasteiger charge is -2.32. The average molecular weight is 326 g/mol. The molecule has 1 fully saturated rings. The molecule has 8 heteroatoms. The average Bonchev–Trinajstić information content (AvgIpc) is 2.49. The Labute approximate surface area is 130 Å². The Balaban J connectivity index is 1.98. The van der Waals surface area contributed by atoms with Gasteiger partial charge in [0.25, 0.3) is 0 Å². The molecule has 1 heterocycles. The largest absolute Gasteiger partial charge is 0.304 e. The van der Waals surface area contributed by atoms with E-state index in [1.165, 1.54) is 12.1 Å². The van der Waals surface area contributed by atoms with Crippen molar-refractivity contribution in [2.75, 3.05) is 46.3 Å². The van der Waals surface area contributed by atoms with Crippen LogP contribution in [0.2, 0.25) is 0 Å². The van der Waals surface area contributed by atoms with E-state index in [9.17, 15) is 12.8 Å². The zero-order chi connectivity index (χ0) is 16.2. The van der Waals surface area contributed by atoms with Gasteiger partial charge < -0.3 is 4.90 Å². The zero-order valence-electron chi connectivity index (χ0n) is 12.4. The molecular weight excluding hydrogens is 307 g/mol. The second-order valence-electron chi connectivity index (χ2n) is 5.27. The van der Waals surface area contributed by atoms with Gasteiger partial charge in [0.1, 0.15) is 22.3 Å². The highest BCUT2D eigenvalue weighted by molar-refractivity contribution is 7.89. The fourth-order valence-electron chi connectivity index (χ4n) is 2.32. The molecule has 1 aliphatic rings. The monoisotopic (exact) mass is 326 g/mol. The fraction of sp³-hybridized carbons (Fsp3) is 0.500. The fourth-order valence-corrected chi connectivity index (χ4v) is 3.51. The number of halogens is 1. The van der Waals surface area contributed by atoms with E-state index in [1.54, 1.807) is 6.07 Å². The highest BCUT2D eigenvalue weighted by Crippen LogP contribution is 2.17. The van der Waals surface area contributed by atoms with Gasteiger partial charge in [-0.3, -0.25) is 4.90 Å². The van der Waals surface area contributed by atoms with E-state index in [4.69, 9.17) is 5.26 Å². The van der Waals surface area contributed by atoms with Gasteiger partial charge in [0.15, 0.2) is 0 Å². The first kappa shape index (κ1) is 16.8. The smallest absolute Gasteiger partial charge is 0.242 e. The third-order valence-electron chi connectivity index (χ3n) is 3.69. The summed E-state index contributed by atoms with van der Waals surface area (Å²) in [5, 5.41) is 8.92. The molecule has 1 aromatic rings. The lowest BCUT2D eigenvalue weighted by Crippen LogP contribution is -2.46. The SMILES string of the molecule is CN1CCN(CCNS(=O)(=O)c2cccc(F)c2C#N)CC1. The molecule has 2 rings (SSSR count). The molecule has 0 aromatic heterocycles. The molecule has 6 nitrogen and oxygen atoms in total. The van der Waals surface area contributed by atoms with E-state index in [1.807, 2.05) is 7.05 Å². The van der Waals surface area contributed by atoms with Crippen LogP contribution in [0.15, 0.2) is 23.1 Å². The summed E-state index contributed by atoms with van der Waals surface area (Å²) >= 11 is 0. The van der Waals surface area contributed by atoms with Crippen LogP contribution in [-0.2, 0) is 10.0 Å². The molecule has 1 N–H and O–H groups in total. The molecule has 1 aliphatic heterocycles. The maximum atomic E-state index is 13.5. The van der Waals surface area contributed by atoms with Crippen molar-refractivity contribution in [1.82, 2.24) is 14.5 Å². The van der Waals surface area contributed by atoms with Crippen molar-refractivity contribution in [3.05, 3.63) is 29.6 Å². The van der Waals surface area contributed by atoms with Crippen LogP contribution in [0.1, 0.15) is 5.56 Å². The maximum absolute atomic E-state index is 13.5. The van der Waals surface area contributed by atoms with Crippen molar-refractivity contribution in [1.29, 1.82) is 5.26 Å². The molecule has 0 aliphatic carbocycles. The zero-order valence-corrected chi connectivity index (χ0v) is 13.2. The van der Waals surface area contributed by atoms with Gasteiger partial charge in [0.05, 0.1) is 0 Å². The third kappa shape index (κ3) is 4.01. The van der Waals surface area contributed by atoms with Crippen LogP contribution in [-0.4, -0.2) is 64.5 Å². The lowest BCUT2D eigenvalue weighted by atomic mass is 10.2. The molecular formula is C14H19FN4O2S. The van der Waals surface area contributed by atoms with E-state index in [-0.39, 0.29) is 11.4 Å². The van der Waals surface area contributed by atoms with Crippen LogP contribution < -0.4 is 4.72 Å². The van der Waals surface area contributed by atoms with Gasteiger partial charge in [-0.2, -0.15) is 5.26 Å². The minimum atomic E-state index is -3.89. The Hall–Kier alpha value is -1.53. The van der Waals surface area contributed by atoms with Gasteiger partial charge in [0.2, 0.25) is 10.0 Å². The van der Waals surface area contributed by atoms with Crippen LogP contribution >= 0.6 is 0 Å². The number of sulfonamides is 1. The first-order valence-corrected chi connectivity index (χ1v) is 8.51. The quantitative estimate of drug-likeness (QED) is 0.838. The van der Waals surface area contributed by atoms with Crippen molar-refractivity contribution >= 4 is 10.0 Å². The Bertz CT molecular complexity index is 664. The molecule has 0 saturated carbocycles. The van der Waals surface area contributed by atoms with Crippen molar-refractivity contribution in [2.24, 2.45) is 0 Å². The Morgan fingerprint density at radius 3 is 2.64 bits per heavy atom. The Morgan fingerprint density at radius 2 is 2.00 bits per heavy atom. The van der Waals surface area contributed by atoms with Gasteiger partial charge in [-0.25, -0.2) is 17.5 Å². The van der Waals surface area contributed by atoms with Crippen molar-refractivity contribution in [3.8, 4) is 6.07 Å². The first-order valence-electron chi connectivity index (χ1n) is 7.03. The van der Waals surface area contributed by atoms with Crippen molar-refractivity contribution in [2.45, 2.75) is 4.90 Å². The molecule has 1 aromatic carbocycles. The van der Waals surface area contributed by atoms with Gasteiger partial charge in [-0.05, 0) is 19.2 Å². The van der Waals surface area contributed by atoms with Gasteiger partial charge >= 0.3 is 0 Å². The Morgan fingerprint density at radius 1 is 1.32 bits per heavy atom. The summed E-state index contributed by atoms with van der Waals surface area (Å²) < 4.78 is 40.3. The second-order valence-corrected chi connectivity index (χ2v) is 7.00. The molecule has 0 bridgehead atoms. The molecule has 0 amide bonds. The predicted octanol–water partition coefficient (Wildman–Crippen LogP) is 0.223. The molecule has 0 radical (unpaired) electrons. The van der Waals surface area contributed by atoms with E-state index >= 15 is 0 Å². The summed E-state index contributed by atoms with van der Waals surface area (Å²) in [4.78, 5) is 4.07. The van der Waals surface area contributed by atoms with E-state index < -0.39 is 21.4 Å². The summed E-state index contributed by atoms with van der Waals surface area (Å²) in [6, 6.07) is 5.19. The highest BCUT2D eigenvalue weighted by Gasteiger charge is 2.21. The molecule has 0 spiro atoms. The first-order chi connectivity index (χ1) is 10.4. The van der Waals surface area contributed by atoms with Gasteiger partial charge in [-0.15, -0.1) is 0 Å². The molecule has 120 valence electrons. The second kappa shape index (κ2) is 7.15. The molecule has 0 unspecified atom stereocenters. The summed E-state index contributed by atoms with van der Waals surface area (Å²) in [6.07, 6.45) is 0. The third-order valence-corrected chi connectivity index (χ3v) is 5.20. The van der Waals surface area contributed by atoms with Crippen LogP contribution in [0.4, 0.5) is 4.39 Å². The summed E-state index contributed by atoms with van der Waals surface area (Å²) in [7, 11) is -1.84. The van der Waals surface area contributed by atoms with E-state index in [0.717, 1.165) is 32.2 Å². The lowest BCUT2D eigenvalue weighted by molar-refractivity contribution is 0.156. The number of nitrogens with one attached hydrogen (secondary N) is 1. The molecule has 0 atom stereocenters. The van der Waals surface area contributed by atoms with Crippen LogP contribution in [0.25, 0.3) is 0 Å². The van der Waals surface area contributed by atoms with Gasteiger partial charge in [-0.1, -0.05) is 6.07 Å². The standard InChI is InChI=1S/C14H19FN4O2S/c1-18-7-9-19(10-8-18)6-5-17-22(20,21)14-4-2-3-13(15)12(14)11-16/h2-4,17H,5-10H2,1H3. The summed E-state index contributed by atoms with van der Waals surface area (Å²) in [5.74, 6) is -0.829. The summed E-state index contributed by atoms with van der Waals surface area (Å²) in [5.41, 5.74) is -0.449. The summed E-state index contributed by atoms with van der Waals surface area (Å²) in [6.45, 7) is 4.51. The minimum absolute atomic E-state index is 0.230. The molecule has 22 heavy (non-hydrogen) atoms. The van der Waals surface area contributed by atoms with Gasteiger partial charge in [0, 0.05) is 39.3 Å². The normalized spacial score (nSPS) is 17.3. The van der Waals surface area contributed by atoms with E-state index in [0.29, 0.717) is 6.54 Å². The number of piperazine rings is 1. The van der Waals surface area contributed by atoms with E-state index in [2.05, 4.69) is 14.5 Å².